The molecule has 1 saturated heterocycles. The summed E-state index contributed by atoms with van der Waals surface area (Å²) in [5.41, 5.74) is -0.293. The third-order valence-corrected chi connectivity index (χ3v) is 6.88. The van der Waals surface area contributed by atoms with Gasteiger partial charge in [-0.15, -0.1) is 0 Å². The van der Waals surface area contributed by atoms with Crippen LogP contribution in [0.4, 0.5) is 0 Å². The standard InChI is InChI=1S/C23H30BrNO4/c1-4-17(20(26)14-10-12-15(24)13-11-14)19-18(22(28)29-23(19,2)3)21(27)25-16-8-6-5-7-9-16/h10-13,16-19H,4-9H2,1-3H3,(H,25,27)/t17-,18-,19+/m1/s1. The zero-order valence-electron chi connectivity index (χ0n) is 17.4. The van der Waals surface area contributed by atoms with Crippen molar-refractivity contribution in [3.05, 3.63) is 34.3 Å². The second kappa shape index (κ2) is 8.99. The van der Waals surface area contributed by atoms with Gasteiger partial charge in [0.25, 0.3) is 0 Å². The summed E-state index contributed by atoms with van der Waals surface area (Å²) in [5.74, 6) is -2.78. The minimum absolute atomic E-state index is 0.0492. The van der Waals surface area contributed by atoms with E-state index in [1.165, 1.54) is 6.42 Å². The summed E-state index contributed by atoms with van der Waals surface area (Å²) in [6.45, 7) is 5.54. The van der Waals surface area contributed by atoms with E-state index in [-0.39, 0.29) is 17.7 Å². The van der Waals surface area contributed by atoms with Crippen molar-refractivity contribution >= 4 is 33.6 Å². The molecule has 1 aliphatic heterocycles. The van der Waals surface area contributed by atoms with Crippen LogP contribution in [0.5, 0.6) is 0 Å². The summed E-state index contributed by atoms with van der Waals surface area (Å²) < 4.78 is 6.51. The fourth-order valence-corrected chi connectivity index (χ4v) is 5.16. The first-order valence-corrected chi connectivity index (χ1v) is 11.4. The number of cyclic esters (lactones) is 1. The lowest BCUT2D eigenvalue weighted by molar-refractivity contribution is -0.150. The minimum Gasteiger partial charge on any atom is -0.459 e. The quantitative estimate of drug-likeness (QED) is 0.377. The molecular formula is C23H30BrNO4. The maximum Gasteiger partial charge on any atom is 0.319 e. The molecule has 1 N–H and O–H groups in total. The highest BCUT2D eigenvalue weighted by atomic mass is 79.9. The number of hydrogen-bond acceptors (Lipinski definition) is 4. The van der Waals surface area contributed by atoms with Crippen LogP contribution >= 0.6 is 15.9 Å². The molecule has 2 fully saturated rings. The first kappa shape index (κ1) is 22.0. The van der Waals surface area contributed by atoms with Crippen molar-refractivity contribution in [2.75, 3.05) is 0 Å². The number of amides is 1. The Morgan fingerprint density at radius 2 is 1.79 bits per heavy atom. The van der Waals surface area contributed by atoms with Crippen molar-refractivity contribution < 1.29 is 19.1 Å². The molecule has 0 bridgehead atoms. The van der Waals surface area contributed by atoms with Gasteiger partial charge < -0.3 is 10.1 Å². The lowest BCUT2D eigenvalue weighted by Gasteiger charge is -2.33. The fraction of sp³-hybridized carbons (Fsp3) is 0.609. The molecule has 0 unspecified atom stereocenters. The van der Waals surface area contributed by atoms with E-state index < -0.39 is 29.3 Å². The zero-order chi connectivity index (χ0) is 21.2. The Labute approximate surface area is 181 Å². The molecule has 29 heavy (non-hydrogen) atoms. The highest BCUT2D eigenvalue weighted by Gasteiger charge is 2.57. The normalized spacial score (nSPS) is 25.3. The maximum atomic E-state index is 13.3. The predicted molar refractivity (Wildman–Crippen MR) is 114 cm³/mol. The molecule has 1 heterocycles. The van der Waals surface area contributed by atoms with Gasteiger partial charge in [-0.2, -0.15) is 0 Å². The zero-order valence-corrected chi connectivity index (χ0v) is 19.0. The van der Waals surface area contributed by atoms with Gasteiger partial charge in [-0.1, -0.05) is 54.2 Å². The highest BCUT2D eigenvalue weighted by molar-refractivity contribution is 9.10. The van der Waals surface area contributed by atoms with Gasteiger partial charge >= 0.3 is 5.97 Å². The van der Waals surface area contributed by atoms with E-state index in [4.69, 9.17) is 4.74 Å². The number of ether oxygens (including phenoxy) is 1. The van der Waals surface area contributed by atoms with Gasteiger partial charge in [-0.05, 0) is 45.2 Å². The Hall–Kier alpha value is -1.69. The molecule has 3 atom stereocenters. The van der Waals surface area contributed by atoms with Crippen molar-refractivity contribution in [1.29, 1.82) is 0 Å². The van der Waals surface area contributed by atoms with Crippen molar-refractivity contribution in [1.82, 2.24) is 5.32 Å². The first-order chi connectivity index (χ1) is 13.7. The van der Waals surface area contributed by atoms with Crippen LogP contribution in [-0.4, -0.2) is 29.3 Å². The molecule has 5 nitrogen and oxygen atoms in total. The minimum atomic E-state index is -0.948. The first-order valence-electron chi connectivity index (χ1n) is 10.6. The van der Waals surface area contributed by atoms with Gasteiger partial charge in [0, 0.05) is 27.9 Å². The predicted octanol–water partition coefficient (Wildman–Crippen LogP) is 4.67. The molecule has 0 spiro atoms. The van der Waals surface area contributed by atoms with E-state index in [2.05, 4.69) is 21.2 Å². The molecule has 1 saturated carbocycles. The van der Waals surface area contributed by atoms with Crippen molar-refractivity contribution in [3.8, 4) is 0 Å². The van der Waals surface area contributed by atoms with E-state index in [9.17, 15) is 14.4 Å². The fourth-order valence-electron chi connectivity index (χ4n) is 4.89. The number of esters is 1. The smallest absolute Gasteiger partial charge is 0.319 e. The number of nitrogens with one attached hydrogen (secondary N) is 1. The third kappa shape index (κ3) is 4.73. The molecule has 1 amide bonds. The summed E-state index contributed by atoms with van der Waals surface area (Å²) in [7, 11) is 0. The number of carbonyl (C=O) groups is 3. The Kier molecular flexibility index (Phi) is 6.82. The molecule has 6 heteroatoms. The topological polar surface area (TPSA) is 72.5 Å². The Bertz CT molecular complexity index is 768. The Balaban J connectivity index is 1.86. The molecule has 0 radical (unpaired) electrons. The number of halogens is 1. The van der Waals surface area contributed by atoms with Gasteiger partial charge in [0.1, 0.15) is 11.5 Å². The monoisotopic (exact) mass is 463 g/mol. The molecule has 1 aromatic rings. The van der Waals surface area contributed by atoms with Crippen LogP contribution in [0.2, 0.25) is 0 Å². The van der Waals surface area contributed by atoms with E-state index in [0.717, 1.165) is 30.2 Å². The van der Waals surface area contributed by atoms with Crippen LogP contribution in [0, 0.1) is 17.8 Å². The van der Waals surface area contributed by atoms with Gasteiger partial charge in [0.2, 0.25) is 5.91 Å². The largest absolute Gasteiger partial charge is 0.459 e. The maximum absolute atomic E-state index is 13.3. The number of ketones is 1. The summed E-state index contributed by atoms with van der Waals surface area (Å²) in [4.78, 5) is 39.1. The van der Waals surface area contributed by atoms with Crippen LogP contribution in [0.3, 0.4) is 0 Å². The third-order valence-electron chi connectivity index (χ3n) is 6.35. The van der Waals surface area contributed by atoms with Crippen LogP contribution in [0.15, 0.2) is 28.7 Å². The number of hydrogen-bond donors (Lipinski definition) is 1. The SMILES string of the molecule is CC[C@@H](C(=O)c1ccc(Br)cc1)[C@H]1[C@H](C(=O)NC2CCCCC2)C(=O)OC1(C)C. The molecular weight excluding hydrogens is 434 g/mol. The van der Waals surface area contributed by atoms with E-state index in [1.807, 2.05) is 19.1 Å². The molecule has 3 rings (SSSR count). The van der Waals surface area contributed by atoms with Crippen molar-refractivity contribution in [2.24, 2.45) is 17.8 Å². The lowest BCUT2D eigenvalue weighted by atomic mass is 9.70. The van der Waals surface area contributed by atoms with E-state index >= 15 is 0 Å². The van der Waals surface area contributed by atoms with Crippen molar-refractivity contribution in [3.63, 3.8) is 0 Å². The number of rotatable bonds is 6. The second-order valence-corrected chi connectivity index (χ2v) is 9.67. The highest BCUT2D eigenvalue weighted by Crippen LogP contribution is 2.44. The van der Waals surface area contributed by atoms with Crippen LogP contribution < -0.4 is 5.32 Å². The summed E-state index contributed by atoms with van der Waals surface area (Å²) >= 11 is 3.39. The number of Topliss-reactive ketones (excluding diaryl/α,β-unsaturated/α-hetero) is 1. The summed E-state index contributed by atoms with van der Waals surface area (Å²) in [6.07, 6.45) is 5.79. The van der Waals surface area contributed by atoms with Crippen LogP contribution in [-0.2, 0) is 14.3 Å². The van der Waals surface area contributed by atoms with Gasteiger partial charge in [0.15, 0.2) is 5.78 Å². The Morgan fingerprint density at radius 3 is 2.38 bits per heavy atom. The number of benzene rings is 1. The van der Waals surface area contributed by atoms with E-state index in [0.29, 0.717) is 12.0 Å². The van der Waals surface area contributed by atoms with Gasteiger partial charge in [-0.3, -0.25) is 14.4 Å². The second-order valence-electron chi connectivity index (χ2n) is 8.76. The molecule has 1 aliphatic carbocycles. The van der Waals surface area contributed by atoms with Gasteiger partial charge in [-0.25, -0.2) is 0 Å². The Morgan fingerprint density at radius 1 is 1.17 bits per heavy atom. The van der Waals surface area contributed by atoms with Crippen LogP contribution in [0.25, 0.3) is 0 Å². The van der Waals surface area contributed by atoms with E-state index in [1.54, 1.807) is 26.0 Å². The van der Waals surface area contributed by atoms with Crippen LogP contribution in [0.1, 0.15) is 69.7 Å². The van der Waals surface area contributed by atoms with Crippen molar-refractivity contribution in [2.45, 2.75) is 70.9 Å². The number of carbonyl (C=O) groups excluding carboxylic acids is 3. The molecule has 1 aromatic carbocycles. The molecule has 158 valence electrons. The molecule has 0 aromatic heterocycles. The average molecular weight is 464 g/mol. The summed E-state index contributed by atoms with van der Waals surface area (Å²) in [5, 5.41) is 3.07. The van der Waals surface area contributed by atoms with Gasteiger partial charge in [0.05, 0.1) is 0 Å². The lowest BCUT2D eigenvalue weighted by Crippen LogP contribution is -2.47. The summed E-state index contributed by atoms with van der Waals surface area (Å²) in [6, 6.07) is 7.31. The molecule has 2 aliphatic rings. The average Bonchev–Trinajstić information content (AvgIpc) is 2.92.